The molecular weight excluding hydrogens is 194 g/mol. The van der Waals surface area contributed by atoms with Gasteiger partial charge < -0.3 is 15.4 Å². The Morgan fingerprint density at radius 3 is 2.87 bits per heavy atom. The van der Waals surface area contributed by atoms with E-state index in [-0.39, 0.29) is 16.9 Å². The van der Waals surface area contributed by atoms with E-state index in [4.69, 9.17) is 10.8 Å². The summed E-state index contributed by atoms with van der Waals surface area (Å²) in [6, 6.07) is 0. The number of nitrogens with two attached hydrogens (primary N) is 1. The highest BCUT2D eigenvalue weighted by atomic mass is 16.4. The molecule has 15 heavy (non-hydrogen) atoms. The largest absolute Gasteiger partial charge is 0.476 e. The molecular formula is C10H15N3O2. The summed E-state index contributed by atoms with van der Waals surface area (Å²) in [7, 11) is 0. The fraction of sp³-hybridized carbons (Fsp3) is 0.600. The van der Waals surface area contributed by atoms with Crippen LogP contribution in [0.15, 0.2) is 0 Å². The lowest BCUT2D eigenvalue weighted by Crippen LogP contribution is -2.27. The molecule has 2 rings (SSSR count). The number of anilines is 1. The van der Waals surface area contributed by atoms with Crippen LogP contribution in [0.2, 0.25) is 0 Å². The number of aromatic carboxylic acids is 1. The summed E-state index contributed by atoms with van der Waals surface area (Å²) in [5, 5.41) is 9.00. The molecule has 0 atom stereocenters. The van der Waals surface area contributed by atoms with E-state index in [1.807, 2.05) is 0 Å². The first-order valence-corrected chi connectivity index (χ1v) is 4.99. The van der Waals surface area contributed by atoms with Gasteiger partial charge in [-0.3, -0.25) is 0 Å². The third kappa shape index (κ3) is 1.58. The molecule has 0 saturated heterocycles. The molecule has 0 radical (unpaired) electrons. The summed E-state index contributed by atoms with van der Waals surface area (Å²) in [6.07, 6.45) is 1.74. The minimum absolute atomic E-state index is 0.134. The molecule has 0 fully saturated rings. The third-order valence-electron chi connectivity index (χ3n) is 2.93. The van der Waals surface area contributed by atoms with E-state index in [1.165, 1.54) is 0 Å². The van der Waals surface area contributed by atoms with E-state index in [0.29, 0.717) is 6.54 Å². The van der Waals surface area contributed by atoms with Crippen molar-refractivity contribution in [3.63, 3.8) is 0 Å². The zero-order chi connectivity index (χ0) is 11.2. The van der Waals surface area contributed by atoms with Gasteiger partial charge in [-0.15, -0.1) is 0 Å². The van der Waals surface area contributed by atoms with E-state index < -0.39 is 5.97 Å². The van der Waals surface area contributed by atoms with Gasteiger partial charge in [0.1, 0.15) is 5.82 Å². The van der Waals surface area contributed by atoms with Gasteiger partial charge in [0.2, 0.25) is 0 Å². The lowest BCUT2D eigenvalue weighted by atomic mass is 9.83. The fourth-order valence-electron chi connectivity index (χ4n) is 2.05. The molecule has 2 heterocycles. The lowest BCUT2D eigenvalue weighted by molar-refractivity contribution is 0.0682. The Kier molecular flexibility index (Phi) is 1.99. The average Bonchev–Trinajstić information content (AvgIpc) is 2.37. The van der Waals surface area contributed by atoms with Gasteiger partial charge in [-0.25, -0.2) is 9.78 Å². The van der Waals surface area contributed by atoms with Gasteiger partial charge in [0.15, 0.2) is 11.5 Å². The van der Waals surface area contributed by atoms with Crippen molar-refractivity contribution in [2.24, 2.45) is 5.41 Å². The summed E-state index contributed by atoms with van der Waals surface area (Å²) >= 11 is 0. The van der Waals surface area contributed by atoms with Crippen LogP contribution in [0.4, 0.5) is 5.82 Å². The van der Waals surface area contributed by atoms with Crippen molar-refractivity contribution in [3.8, 4) is 0 Å². The van der Waals surface area contributed by atoms with Crippen molar-refractivity contribution in [2.45, 2.75) is 33.2 Å². The van der Waals surface area contributed by atoms with Crippen molar-refractivity contribution in [3.05, 3.63) is 11.5 Å². The monoisotopic (exact) mass is 209 g/mol. The number of carboxylic acids is 1. The number of carboxylic acid groups (broad SMARTS) is 1. The van der Waals surface area contributed by atoms with Crippen molar-refractivity contribution < 1.29 is 9.90 Å². The van der Waals surface area contributed by atoms with Crippen molar-refractivity contribution in [2.75, 3.05) is 5.73 Å². The van der Waals surface area contributed by atoms with Crippen LogP contribution in [-0.4, -0.2) is 20.6 Å². The van der Waals surface area contributed by atoms with E-state index in [1.54, 1.807) is 4.57 Å². The van der Waals surface area contributed by atoms with Gasteiger partial charge in [-0.05, 0) is 11.8 Å². The van der Waals surface area contributed by atoms with Gasteiger partial charge in [-0.2, -0.15) is 0 Å². The molecule has 5 heteroatoms. The molecule has 0 aromatic carbocycles. The highest BCUT2D eigenvalue weighted by Crippen LogP contribution is 2.33. The minimum atomic E-state index is -0.994. The number of nitrogens with zero attached hydrogens (tertiary/aromatic N) is 2. The van der Waals surface area contributed by atoms with Crippen LogP contribution >= 0.6 is 0 Å². The Balaban J connectivity index is 2.48. The van der Waals surface area contributed by atoms with Gasteiger partial charge in [0.25, 0.3) is 0 Å². The normalized spacial score (nSPS) is 18.5. The maximum atomic E-state index is 11.0. The predicted molar refractivity (Wildman–Crippen MR) is 55.7 cm³/mol. The van der Waals surface area contributed by atoms with E-state index in [9.17, 15) is 4.79 Å². The highest BCUT2D eigenvalue weighted by molar-refractivity contribution is 5.91. The molecule has 1 aliphatic rings. The Hall–Kier alpha value is -1.52. The van der Waals surface area contributed by atoms with Gasteiger partial charge in [0.05, 0.1) is 0 Å². The number of aromatic nitrogens is 2. The van der Waals surface area contributed by atoms with Crippen molar-refractivity contribution >= 4 is 11.8 Å². The topological polar surface area (TPSA) is 81.1 Å². The quantitative estimate of drug-likeness (QED) is 0.726. The van der Waals surface area contributed by atoms with Crippen LogP contribution in [0.25, 0.3) is 0 Å². The van der Waals surface area contributed by atoms with Crippen LogP contribution in [0.1, 0.15) is 36.6 Å². The molecule has 0 spiro atoms. The fourth-order valence-corrected chi connectivity index (χ4v) is 2.05. The summed E-state index contributed by atoms with van der Waals surface area (Å²) in [6.45, 7) is 5.00. The SMILES string of the molecule is CC1(C)CCn2c(nc(N)c2C(=O)O)C1. The summed E-state index contributed by atoms with van der Waals surface area (Å²) in [4.78, 5) is 15.1. The molecule has 0 unspecified atom stereocenters. The Bertz CT molecular complexity index is 421. The predicted octanol–water partition coefficient (Wildman–Crippen LogP) is 1.14. The molecule has 5 nitrogen and oxygen atoms in total. The first-order valence-electron chi connectivity index (χ1n) is 4.99. The first-order chi connectivity index (χ1) is 6.91. The second-order valence-electron chi connectivity index (χ2n) is 4.81. The minimum Gasteiger partial charge on any atom is -0.476 e. The summed E-state index contributed by atoms with van der Waals surface area (Å²) in [5.41, 5.74) is 5.92. The number of hydrogen-bond donors (Lipinski definition) is 2. The Morgan fingerprint density at radius 2 is 2.27 bits per heavy atom. The van der Waals surface area contributed by atoms with Gasteiger partial charge >= 0.3 is 5.97 Å². The maximum Gasteiger partial charge on any atom is 0.356 e. The zero-order valence-corrected chi connectivity index (χ0v) is 8.95. The van der Waals surface area contributed by atoms with Crippen LogP contribution in [0.3, 0.4) is 0 Å². The first kappa shape index (κ1) is 10.0. The Morgan fingerprint density at radius 1 is 1.60 bits per heavy atom. The maximum absolute atomic E-state index is 11.0. The second-order valence-corrected chi connectivity index (χ2v) is 4.81. The second kappa shape index (κ2) is 2.98. The van der Waals surface area contributed by atoms with E-state index in [0.717, 1.165) is 18.7 Å². The third-order valence-corrected chi connectivity index (χ3v) is 2.93. The number of carbonyl (C=O) groups is 1. The number of fused-ring (bicyclic) bond motifs is 1. The van der Waals surface area contributed by atoms with Gasteiger partial charge in [0, 0.05) is 13.0 Å². The number of rotatable bonds is 1. The molecule has 1 aliphatic heterocycles. The number of nitrogen functional groups attached to an aromatic ring is 1. The number of hydrogen-bond acceptors (Lipinski definition) is 3. The molecule has 82 valence electrons. The van der Waals surface area contributed by atoms with Crippen LogP contribution in [-0.2, 0) is 13.0 Å². The molecule has 1 aromatic rings. The molecule has 0 amide bonds. The van der Waals surface area contributed by atoms with Crippen molar-refractivity contribution in [1.29, 1.82) is 0 Å². The van der Waals surface area contributed by atoms with Gasteiger partial charge in [-0.1, -0.05) is 13.8 Å². The van der Waals surface area contributed by atoms with Crippen LogP contribution in [0.5, 0.6) is 0 Å². The highest BCUT2D eigenvalue weighted by Gasteiger charge is 2.30. The summed E-state index contributed by atoms with van der Waals surface area (Å²) in [5.74, 6) is -0.0673. The van der Waals surface area contributed by atoms with E-state index >= 15 is 0 Å². The van der Waals surface area contributed by atoms with Crippen molar-refractivity contribution in [1.82, 2.24) is 9.55 Å². The lowest BCUT2D eigenvalue weighted by Gasteiger charge is -2.30. The Labute approximate surface area is 87.9 Å². The molecule has 0 saturated carbocycles. The summed E-state index contributed by atoms with van der Waals surface area (Å²) < 4.78 is 1.73. The van der Waals surface area contributed by atoms with E-state index in [2.05, 4.69) is 18.8 Å². The standard InChI is InChI=1S/C10H15N3O2/c1-10(2)3-4-13-6(5-10)12-8(11)7(13)9(14)15/h3-5,11H2,1-2H3,(H,14,15). The zero-order valence-electron chi connectivity index (χ0n) is 8.95. The number of imidazole rings is 1. The van der Waals surface area contributed by atoms with Crippen LogP contribution in [0, 0.1) is 5.41 Å². The molecule has 1 aromatic heterocycles. The smallest absolute Gasteiger partial charge is 0.356 e. The van der Waals surface area contributed by atoms with Crippen LogP contribution < -0.4 is 5.73 Å². The molecule has 0 bridgehead atoms. The molecule has 3 N–H and O–H groups in total. The average molecular weight is 209 g/mol. The molecule has 0 aliphatic carbocycles.